The minimum absolute atomic E-state index is 0.0605. The summed E-state index contributed by atoms with van der Waals surface area (Å²) in [6.07, 6.45) is 5.13. The Balaban J connectivity index is 1.61. The van der Waals surface area contributed by atoms with E-state index in [1.54, 1.807) is 16.4 Å². The molecule has 0 aliphatic heterocycles. The van der Waals surface area contributed by atoms with Crippen LogP contribution in [0.25, 0.3) is 10.2 Å². The van der Waals surface area contributed by atoms with Crippen molar-refractivity contribution in [1.82, 2.24) is 8.87 Å². The number of benzene rings is 2. The fraction of sp³-hybridized carbons (Fsp3) is 0.440. The highest BCUT2D eigenvalue weighted by Gasteiger charge is 2.31. The van der Waals surface area contributed by atoms with Crippen molar-refractivity contribution in [3.8, 4) is 0 Å². The molecule has 4 rings (SSSR count). The van der Waals surface area contributed by atoms with Crippen molar-refractivity contribution in [3.63, 3.8) is 0 Å². The van der Waals surface area contributed by atoms with Crippen LogP contribution in [-0.4, -0.2) is 35.8 Å². The third-order valence-corrected chi connectivity index (χ3v) is 9.76. The lowest BCUT2D eigenvalue weighted by atomic mass is 9.95. The third kappa shape index (κ3) is 4.69. The molecule has 0 N–H and O–H groups in total. The Morgan fingerprint density at radius 2 is 1.73 bits per heavy atom. The monoisotopic (exact) mass is 485 g/mol. The molecule has 1 fully saturated rings. The van der Waals surface area contributed by atoms with Gasteiger partial charge in [0.25, 0.3) is 5.91 Å². The highest BCUT2D eigenvalue weighted by molar-refractivity contribution is 7.89. The molecule has 1 aromatic heterocycles. The summed E-state index contributed by atoms with van der Waals surface area (Å²) < 4.78 is 31.1. The minimum atomic E-state index is -3.59. The van der Waals surface area contributed by atoms with Crippen molar-refractivity contribution < 1.29 is 13.2 Å². The van der Waals surface area contributed by atoms with E-state index in [2.05, 4.69) is 31.0 Å². The summed E-state index contributed by atoms with van der Waals surface area (Å²) >= 11 is 1.47. The maximum Gasteiger partial charge on any atom is 0.279 e. The number of amides is 1. The smallest absolute Gasteiger partial charge is 0.279 e. The first-order valence-electron chi connectivity index (χ1n) is 11.5. The van der Waals surface area contributed by atoms with Crippen LogP contribution in [-0.2, 0) is 17.1 Å². The number of rotatable bonds is 5. The molecular formula is C25H31N3O3S2. The zero-order valence-corrected chi connectivity index (χ0v) is 21.3. The van der Waals surface area contributed by atoms with Crippen LogP contribution in [0.1, 0.15) is 60.5 Å². The molecule has 0 saturated heterocycles. The Bertz CT molecular complexity index is 1350. The van der Waals surface area contributed by atoms with Gasteiger partial charge in [-0.1, -0.05) is 37.5 Å². The van der Waals surface area contributed by atoms with Crippen LogP contribution in [0.5, 0.6) is 0 Å². The summed E-state index contributed by atoms with van der Waals surface area (Å²) in [5.41, 5.74) is 3.81. The van der Waals surface area contributed by atoms with Gasteiger partial charge in [-0.15, -0.1) is 0 Å². The highest BCUT2D eigenvalue weighted by Crippen LogP contribution is 2.28. The van der Waals surface area contributed by atoms with E-state index in [4.69, 9.17) is 0 Å². The molecule has 1 aliphatic rings. The summed E-state index contributed by atoms with van der Waals surface area (Å²) in [7, 11) is -1.69. The Morgan fingerprint density at radius 3 is 2.36 bits per heavy atom. The number of aromatic nitrogens is 1. The van der Waals surface area contributed by atoms with Gasteiger partial charge in [0.1, 0.15) is 0 Å². The molecule has 33 heavy (non-hydrogen) atoms. The number of carbonyl (C=O) groups excluding carboxylic acids is 1. The van der Waals surface area contributed by atoms with Crippen LogP contribution in [0.4, 0.5) is 0 Å². The van der Waals surface area contributed by atoms with Gasteiger partial charge < -0.3 is 4.57 Å². The van der Waals surface area contributed by atoms with Crippen LogP contribution in [0.3, 0.4) is 0 Å². The molecule has 6 nitrogen and oxygen atoms in total. The average Bonchev–Trinajstić information content (AvgIpc) is 3.09. The Hall–Kier alpha value is -2.29. The van der Waals surface area contributed by atoms with E-state index in [9.17, 15) is 13.2 Å². The van der Waals surface area contributed by atoms with Gasteiger partial charge in [0.05, 0.1) is 15.1 Å². The van der Waals surface area contributed by atoms with Crippen LogP contribution in [0.2, 0.25) is 0 Å². The van der Waals surface area contributed by atoms with Gasteiger partial charge in [0.15, 0.2) is 4.80 Å². The molecule has 0 spiro atoms. The molecule has 0 radical (unpaired) electrons. The van der Waals surface area contributed by atoms with E-state index in [0.29, 0.717) is 16.9 Å². The SMILES string of the molecule is CCN(C1CCCCC1)S(=O)(=O)c1ccc(C(=O)N=c2sc3cc(C)c(C)cc3n2C)cc1. The third-order valence-electron chi connectivity index (χ3n) is 6.62. The molecule has 8 heteroatoms. The molecule has 0 bridgehead atoms. The van der Waals surface area contributed by atoms with Gasteiger partial charge in [-0.3, -0.25) is 4.79 Å². The molecule has 0 atom stereocenters. The number of sulfonamides is 1. The molecule has 1 heterocycles. The van der Waals surface area contributed by atoms with Crippen LogP contribution in [0, 0.1) is 13.8 Å². The number of hydrogen-bond acceptors (Lipinski definition) is 4. The summed E-state index contributed by atoms with van der Waals surface area (Å²) in [4.78, 5) is 18.0. The van der Waals surface area contributed by atoms with Gasteiger partial charge in [-0.2, -0.15) is 9.30 Å². The Morgan fingerprint density at radius 1 is 1.09 bits per heavy atom. The first kappa shape index (κ1) is 23.9. The van der Waals surface area contributed by atoms with E-state index in [-0.39, 0.29) is 16.8 Å². The summed E-state index contributed by atoms with van der Waals surface area (Å²) in [6, 6.07) is 10.5. The normalized spacial score (nSPS) is 16.1. The number of nitrogens with zero attached hydrogens (tertiary/aromatic N) is 3. The minimum Gasteiger partial charge on any atom is -0.319 e. The van der Waals surface area contributed by atoms with Crippen LogP contribution in [0.15, 0.2) is 46.3 Å². The lowest BCUT2D eigenvalue weighted by Crippen LogP contribution is -2.41. The average molecular weight is 486 g/mol. The van der Waals surface area contributed by atoms with Gasteiger partial charge in [0.2, 0.25) is 10.0 Å². The first-order valence-corrected chi connectivity index (χ1v) is 13.8. The van der Waals surface area contributed by atoms with E-state index in [1.807, 2.05) is 18.5 Å². The molecule has 2 aromatic carbocycles. The topological polar surface area (TPSA) is 71.7 Å². The van der Waals surface area contributed by atoms with E-state index in [1.165, 1.54) is 41.0 Å². The highest BCUT2D eigenvalue weighted by atomic mass is 32.2. The van der Waals surface area contributed by atoms with E-state index < -0.39 is 10.0 Å². The van der Waals surface area contributed by atoms with Gasteiger partial charge in [0, 0.05) is 25.2 Å². The second-order valence-corrected chi connectivity index (χ2v) is 11.7. The second kappa shape index (κ2) is 9.52. The molecule has 1 saturated carbocycles. The van der Waals surface area contributed by atoms with Gasteiger partial charge in [-0.05, 0) is 74.2 Å². The predicted octanol–water partition coefficient (Wildman–Crippen LogP) is 4.94. The molecule has 1 aliphatic carbocycles. The van der Waals surface area contributed by atoms with Gasteiger partial charge >= 0.3 is 0 Å². The Kier molecular flexibility index (Phi) is 6.88. The van der Waals surface area contributed by atoms with Crippen molar-refractivity contribution in [3.05, 3.63) is 57.9 Å². The maximum atomic E-state index is 13.2. The van der Waals surface area contributed by atoms with E-state index in [0.717, 1.165) is 35.9 Å². The number of fused-ring (bicyclic) bond motifs is 1. The molecule has 1 amide bonds. The zero-order chi connectivity index (χ0) is 23.8. The van der Waals surface area contributed by atoms with Crippen molar-refractivity contribution in [2.75, 3.05) is 6.54 Å². The van der Waals surface area contributed by atoms with Crippen molar-refractivity contribution in [2.24, 2.45) is 12.0 Å². The fourth-order valence-corrected chi connectivity index (χ4v) is 7.33. The molecular weight excluding hydrogens is 454 g/mol. The zero-order valence-electron chi connectivity index (χ0n) is 19.7. The summed E-state index contributed by atoms with van der Waals surface area (Å²) in [5, 5.41) is 0. The summed E-state index contributed by atoms with van der Waals surface area (Å²) in [5.74, 6) is -0.380. The molecule has 0 unspecified atom stereocenters. The van der Waals surface area contributed by atoms with Crippen molar-refractivity contribution >= 4 is 37.5 Å². The van der Waals surface area contributed by atoms with Gasteiger partial charge in [-0.25, -0.2) is 8.42 Å². The van der Waals surface area contributed by atoms with Crippen molar-refractivity contribution in [2.45, 2.75) is 63.8 Å². The predicted molar refractivity (Wildman–Crippen MR) is 133 cm³/mol. The number of carbonyl (C=O) groups is 1. The standard InChI is InChI=1S/C25H31N3O3S2/c1-5-28(20-9-7-6-8-10-20)33(30,31)21-13-11-19(12-14-21)24(29)26-25-27(4)22-15-17(2)18(3)16-23(22)32-25/h11-16,20H,5-10H2,1-4H3. The van der Waals surface area contributed by atoms with Crippen LogP contribution < -0.4 is 4.80 Å². The second-order valence-electron chi connectivity index (χ2n) is 8.79. The van der Waals surface area contributed by atoms with Crippen molar-refractivity contribution in [1.29, 1.82) is 0 Å². The molecule has 3 aromatic rings. The molecule has 176 valence electrons. The quantitative estimate of drug-likeness (QED) is 0.514. The Labute approximate surface area is 199 Å². The number of hydrogen-bond donors (Lipinski definition) is 0. The maximum absolute atomic E-state index is 13.2. The fourth-order valence-electron chi connectivity index (χ4n) is 4.54. The number of thiazole rings is 1. The van der Waals surface area contributed by atoms with Crippen LogP contribution >= 0.6 is 11.3 Å². The first-order chi connectivity index (χ1) is 15.7. The number of aryl methyl sites for hydroxylation is 3. The lowest BCUT2D eigenvalue weighted by molar-refractivity contribution is 0.0998. The van der Waals surface area contributed by atoms with E-state index >= 15 is 0 Å². The summed E-state index contributed by atoms with van der Waals surface area (Å²) in [6.45, 7) is 6.47. The largest absolute Gasteiger partial charge is 0.319 e. The lowest BCUT2D eigenvalue weighted by Gasteiger charge is -2.32.